The molecule has 0 heterocycles. The quantitative estimate of drug-likeness (QED) is 0.675. The molecule has 0 spiro atoms. The van der Waals surface area contributed by atoms with Crippen LogP contribution in [0, 0.1) is 0 Å². The highest BCUT2D eigenvalue weighted by Crippen LogP contribution is 2.23. The van der Waals surface area contributed by atoms with E-state index in [1.54, 1.807) is 0 Å². The summed E-state index contributed by atoms with van der Waals surface area (Å²) in [5.74, 6) is 0.318. The molecule has 3 nitrogen and oxygen atoms in total. The molecule has 0 amide bonds. The molecule has 96 valence electrons. The molecular formula is C11H22BrNO2S. The van der Waals surface area contributed by atoms with E-state index in [0.717, 1.165) is 24.8 Å². The van der Waals surface area contributed by atoms with Crippen LogP contribution in [0.15, 0.2) is 0 Å². The van der Waals surface area contributed by atoms with Crippen LogP contribution in [-0.2, 0) is 9.84 Å². The highest BCUT2D eigenvalue weighted by atomic mass is 79.9. The third-order valence-corrected chi connectivity index (χ3v) is 4.56. The molecule has 0 aromatic rings. The van der Waals surface area contributed by atoms with Crippen LogP contribution in [0.5, 0.6) is 0 Å². The topological polar surface area (TPSA) is 37.4 Å². The second kappa shape index (κ2) is 6.97. The standard InChI is InChI=1S/C11H22BrNO2S/c1-16(14,15)10-4-8-13(9-7-12)11-5-2-3-6-11/h11H,2-10H2,1H3. The molecule has 16 heavy (non-hydrogen) atoms. The minimum atomic E-state index is -2.80. The van der Waals surface area contributed by atoms with Crippen molar-refractivity contribution in [3.05, 3.63) is 0 Å². The minimum absolute atomic E-state index is 0.318. The van der Waals surface area contributed by atoms with Gasteiger partial charge in [0.15, 0.2) is 0 Å². The Balaban J connectivity index is 2.32. The highest BCUT2D eigenvalue weighted by molar-refractivity contribution is 9.09. The molecule has 1 aliphatic rings. The third kappa shape index (κ3) is 5.64. The minimum Gasteiger partial charge on any atom is -0.300 e. The second-order valence-corrected chi connectivity index (χ2v) is 7.70. The van der Waals surface area contributed by atoms with Crippen LogP contribution in [0.1, 0.15) is 32.1 Å². The number of halogens is 1. The van der Waals surface area contributed by atoms with Crippen molar-refractivity contribution < 1.29 is 8.42 Å². The Kier molecular flexibility index (Phi) is 6.29. The van der Waals surface area contributed by atoms with Crippen molar-refractivity contribution in [3.8, 4) is 0 Å². The van der Waals surface area contributed by atoms with Gasteiger partial charge in [-0.25, -0.2) is 8.42 Å². The van der Waals surface area contributed by atoms with Gasteiger partial charge in [0, 0.05) is 24.2 Å². The SMILES string of the molecule is CS(=O)(=O)CCCN(CCBr)C1CCCC1. The van der Waals surface area contributed by atoms with Gasteiger partial charge in [-0.05, 0) is 25.8 Å². The first-order valence-electron chi connectivity index (χ1n) is 6.00. The molecule has 0 N–H and O–H groups in total. The zero-order valence-corrected chi connectivity index (χ0v) is 12.4. The van der Waals surface area contributed by atoms with Crippen LogP contribution >= 0.6 is 15.9 Å². The number of sulfone groups is 1. The molecule has 1 fully saturated rings. The largest absolute Gasteiger partial charge is 0.300 e. The predicted octanol–water partition coefficient (Wildman–Crippen LogP) is 2.06. The number of hydrogen-bond donors (Lipinski definition) is 0. The van der Waals surface area contributed by atoms with Gasteiger partial charge in [0.1, 0.15) is 9.84 Å². The van der Waals surface area contributed by atoms with Gasteiger partial charge in [-0.2, -0.15) is 0 Å². The van der Waals surface area contributed by atoms with Gasteiger partial charge in [-0.3, -0.25) is 4.90 Å². The fraction of sp³-hybridized carbons (Fsp3) is 1.00. The number of hydrogen-bond acceptors (Lipinski definition) is 3. The molecule has 0 aliphatic heterocycles. The first kappa shape index (κ1) is 14.5. The molecule has 0 saturated heterocycles. The average Bonchev–Trinajstić information content (AvgIpc) is 2.67. The van der Waals surface area contributed by atoms with Crippen molar-refractivity contribution in [2.45, 2.75) is 38.1 Å². The smallest absolute Gasteiger partial charge is 0.147 e. The van der Waals surface area contributed by atoms with Crippen LogP contribution in [0.4, 0.5) is 0 Å². The van der Waals surface area contributed by atoms with E-state index < -0.39 is 9.84 Å². The van der Waals surface area contributed by atoms with Crippen molar-refractivity contribution in [2.24, 2.45) is 0 Å². The van der Waals surface area contributed by atoms with Gasteiger partial charge in [-0.15, -0.1) is 0 Å². The van der Waals surface area contributed by atoms with E-state index in [-0.39, 0.29) is 0 Å². The molecule has 0 atom stereocenters. The molecule has 1 aliphatic carbocycles. The van der Waals surface area contributed by atoms with Crippen LogP contribution < -0.4 is 0 Å². The highest BCUT2D eigenvalue weighted by Gasteiger charge is 2.21. The van der Waals surface area contributed by atoms with Gasteiger partial charge in [-0.1, -0.05) is 28.8 Å². The van der Waals surface area contributed by atoms with Gasteiger partial charge in [0.05, 0.1) is 5.75 Å². The predicted molar refractivity (Wildman–Crippen MR) is 72.0 cm³/mol. The van der Waals surface area contributed by atoms with Gasteiger partial charge < -0.3 is 0 Å². The zero-order chi connectivity index (χ0) is 12.0. The Labute approximate surface area is 108 Å². The summed E-state index contributed by atoms with van der Waals surface area (Å²) in [7, 11) is -2.80. The Bertz CT molecular complexity index is 286. The molecule has 0 unspecified atom stereocenters. The molecule has 0 radical (unpaired) electrons. The summed E-state index contributed by atoms with van der Waals surface area (Å²) in [5.41, 5.74) is 0. The molecule has 1 saturated carbocycles. The molecule has 0 aromatic heterocycles. The molecule has 0 aromatic carbocycles. The maximum absolute atomic E-state index is 11.1. The lowest BCUT2D eigenvalue weighted by Crippen LogP contribution is -2.36. The van der Waals surface area contributed by atoms with E-state index >= 15 is 0 Å². The first-order valence-corrected chi connectivity index (χ1v) is 9.19. The molecule has 0 bridgehead atoms. The normalized spacial score (nSPS) is 18.4. The monoisotopic (exact) mass is 311 g/mol. The summed E-state index contributed by atoms with van der Waals surface area (Å²) in [4.78, 5) is 2.45. The van der Waals surface area contributed by atoms with Crippen molar-refractivity contribution in [2.75, 3.05) is 30.4 Å². The maximum atomic E-state index is 11.1. The Morgan fingerprint density at radius 1 is 1.25 bits per heavy atom. The first-order chi connectivity index (χ1) is 7.53. The van der Waals surface area contributed by atoms with Gasteiger partial charge >= 0.3 is 0 Å². The number of nitrogens with zero attached hydrogens (tertiary/aromatic N) is 1. The maximum Gasteiger partial charge on any atom is 0.147 e. The fourth-order valence-corrected chi connectivity index (χ4v) is 3.49. The molecule has 5 heteroatoms. The summed E-state index contributed by atoms with van der Waals surface area (Å²) >= 11 is 3.47. The van der Waals surface area contributed by atoms with Crippen molar-refractivity contribution in [1.29, 1.82) is 0 Å². The van der Waals surface area contributed by atoms with E-state index in [4.69, 9.17) is 0 Å². The van der Waals surface area contributed by atoms with Gasteiger partial charge in [0.25, 0.3) is 0 Å². The second-order valence-electron chi connectivity index (χ2n) is 4.65. The fourth-order valence-electron chi connectivity index (χ4n) is 2.38. The molecule has 1 rings (SSSR count). The summed E-state index contributed by atoms with van der Waals surface area (Å²) in [6.07, 6.45) is 7.31. The summed E-state index contributed by atoms with van der Waals surface area (Å²) in [6, 6.07) is 0.692. The van der Waals surface area contributed by atoms with E-state index in [1.807, 2.05) is 0 Å². The van der Waals surface area contributed by atoms with E-state index in [9.17, 15) is 8.42 Å². The molecular weight excluding hydrogens is 290 g/mol. The Morgan fingerprint density at radius 3 is 2.38 bits per heavy atom. The lowest BCUT2D eigenvalue weighted by Gasteiger charge is -2.27. The van der Waals surface area contributed by atoms with Crippen LogP contribution in [-0.4, -0.2) is 49.8 Å². The van der Waals surface area contributed by atoms with E-state index in [2.05, 4.69) is 20.8 Å². The van der Waals surface area contributed by atoms with Crippen LogP contribution in [0.25, 0.3) is 0 Å². The Hall–Kier alpha value is 0.390. The van der Waals surface area contributed by atoms with Gasteiger partial charge in [0.2, 0.25) is 0 Å². The summed E-state index contributed by atoms with van der Waals surface area (Å²) in [5, 5.41) is 0.975. The number of rotatable bonds is 7. The summed E-state index contributed by atoms with van der Waals surface area (Å²) < 4.78 is 22.1. The number of alkyl halides is 1. The average molecular weight is 312 g/mol. The lowest BCUT2D eigenvalue weighted by molar-refractivity contribution is 0.212. The summed E-state index contributed by atoms with van der Waals surface area (Å²) in [6.45, 7) is 1.96. The van der Waals surface area contributed by atoms with Crippen molar-refractivity contribution >= 4 is 25.8 Å². The van der Waals surface area contributed by atoms with Crippen molar-refractivity contribution in [1.82, 2.24) is 4.90 Å². The van der Waals surface area contributed by atoms with Crippen LogP contribution in [0.3, 0.4) is 0 Å². The Morgan fingerprint density at radius 2 is 1.88 bits per heavy atom. The lowest BCUT2D eigenvalue weighted by atomic mass is 10.2. The van der Waals surface area contributed by atoms with E-state index in [0.29, 0.717) is 11.8 Å². The van der Waals surface area contributed by atoms with Crippen LogP contribution in [0.2, 0.25) is 0 Å². The van der Waals surface area contributed by atoms with E-state index in [1.165, 1.54) is 31.9 Å². The van der Waals surface area contributed by atoms with Crippen molar-refractivity contribution in [3.63, 3.8) is 0 Å². The third-order valence-electron chi connectivity index (χ3n) is 3.17. The zero-order valence-electron chi connectivity index (χ0n) is 9.99.